The van der Waals surface area contributed by atoms with Crippen LogP contribution in [0.3, 0.4) is 0 Å². The Kier molecular flexibility index (Phi) is 1.38. The molecule has 14 heavy (non-hydrogen) atoms. The maximum atomic E-state index is 11.6. The first-order chi connectivity index (χ1) is 6.77. The van der Waals surface area contributed by atoms with Gasteiger partial charge in [0, 0.05) is 18.5 Å². The number of hydrogen-bond donors (Lipinski definition) is 0. The fourth-order valence-electron chi connectivity index (χ4n) is 2.34. The van der Waals surface area contributed by atoms with Gasteiger partial charge in [-0.05, 0) is 17.0 Å². The average Bonchev–Trinajstić information content (AvgIpc) is 2.53. The minimum Gasteiger partial charge on any atom is -0.307 e. The molecule has 1 aliphatic heterocycles. The molecule has 0 amide bonds. The maximum Gasteiger partial charge on any atom is 0.251 e. The van der Waals surface area contributed by atoms with Crippen molar-refractivity contribution in [3.63, 3.8) is 0 Å². The van der Waals surface area contributed by atoms with E-state index in [0.717, 1.165) is 12.1 Å². The topological polar surface area (TPSA) is 22.0 Å². The molecule has 1 aromatic heterocycles. The highest BCUT2D eigenvalue weighted by atomic mass is 16.1. The molecule has 0 aliphatic carbocycles. The van der Waals surface area contributed by atoms with E-state index in [1.165, 1.54) is 10.9 Å². The second-order valence-corrected chi connectivity index (χ2v) is 3.97. The van der Waals surface area contributed by atoms with E-state index in [0.29, 0.717) is 5.92 Å². The van der Waals surface area contributed by atoms with Crippen LogP contribution in [0.1, 0.15) is 18.4 Å². The quantitative estimate of drug-likeness (QED) is 0.616. The summed E-state index contributed by atoms with van der Waals surface area (Å²) in [5.74, 6) is 0.466. The first-order valence-corrected chi connectivity index (χ1v) is 4.90. The molecule has 2 heterocycles. The number of rotatable bonds is 0. The number of benzene rings is 1. The van der Waals surface area contributed by atoms with Crippen molar-refractivity contribution >= 4 is 10.9 Å². The number of hydrogen-bond acceptors (Lipinski definition) is 1. The predicted octanol–water partition coefficient (Wildman–Crippen LogP) is 2.12. The normalized spacial score (nSPS) is 19.1. The molecule has 0 N–H and O–H groups in total. The summed E-state index contributed by atoms with van der Waals surface area (Å²) in [7, 11) is 0. The van der Waals surface area contributed by atoms with Gasteiger partial charge in [0.05, 0.1) is 5.52 Å². The zero-order chi connectivity index (χ0) is 9.71. The van der Waals surface area contributed by atoms with Gasteiger partial charge >= 0.3 is 0 Å². The highest BCUT2D eigenvalue weighted by Crippen LogP contribution is 2.31. The minimum atomic E-state index is 0.120. The maximum absolute atomic E-state index is 11.6. The van der Waals surface area contributed by atoms with Crippen molar-refractivity contribution in [1.82, 2.24) is 4.57 Å². The van der Waals surface area contributed by atoms with Crippen LogP contribution in [-0.4, -0.2) is 4.57 Å². The molecule has 0 saturated heterocycles. The molecule has 1 aromatic carbocycles. The van der Waals surface area contributed by atoms with Crippen LogP contribution in [0.2, 0.25) is 0 Å². The van der Waals surface area contributed by atoms with Gasteiger partial charge in [0.25, 0.3) is 5.56 Å². The third kappa shape index (κ3) is 0.830. The molecule has 70 valence electrons. The molecule has 0 radical (unpaired) electrons. The van der Waals surface area contributed by atoms with Crippen LogP contribution in [0.25, 0.3) is 10.9 Å². The van der Waals surface area contributed by atoms with E-state index >= 15 is 0 Å². The van der Waals surface area contributed by atoms with Gasteiger partial charge in [-0.15, -0.1) is 0 Å². The summed E-state index contributed by atoms with van der Waals surface area (Å²) in [6.07, 6.45) is 0. The van der Waals surface area contributed by atoms with Gasteiger partial charge in [0.2, 0.25) is 0 Å². The summed E-state index contributed by atoms with van der Waals surface area (Å²) in [6, 6.07) is 9.82. The van der Waals surface area contributed by atoms with Gasteiger partial charge < -0.3 is 4.57 Å². The highest BCUT2D eigenvalue weighted by molar-refractivity contribution is 5.84. The zero-order valence-electron chi connectivity index (χ0n) is 8.03. The Labute approximate surface area is 81.8 Å². The number of para-hydroxylation sites is 1. The number of pyridine rings is 1. The first kappa shape index (κ1) is 7.80. The summed E-state index contributed by atoms with van der Waals surface area (Å²) in [4.78, 5) is 11.6. The Hall–Kier alpha value is -1.57. The zero-order valence-corrected chi connectivity index (χ0v) is 8.03. The monoisotopic (exact) mass is 185 g/mol. The van der Waals surface area contributed by atoms with Gasteiger partial charge in [-0.2, -0.15) is 0 Å². The summed E-state index contributed by atoms with van der Waals surface area (Å²) in [5, 5.41) is 1.17. The molecule has 0 bridgehead atoms. The fourth-order valence-corrected chi connectivity index (χ4v) is 2.34. The largest absolute Gasteiger partial charge is 0.307 e. The molecule has 2 aromatic rings. The van der Waals surface area contributed by atoms with Crippen molar-refractivity contribution in [2.24, 2.45) is 0 Å². The molecular formula is C12H11NO. The van der Waals surface area contributed by atoms with Crippen LogP contribution >= 0.6 is 0 Å². The van der Waals surface area contributed by atoms with Crippen molar-refractivity contribution in [2.75, 3.05) is 0 Å². The van der Waals surface area contributed by atoms with E-state index in [1.54, 1.807) is 6.07 Å². The lowest BCUT2D eigenvalue weighted by atomic mass is 10.0. The smallest absolute Gasteiger partial charge is 0.251 e. The molecule has 2 nitrogen and oxygen atoms in total. The van der Waals surface area contributed by atoms with E-state index in [2.05, 4.69) is 25.1 Å². The van der Waals surface area contributed by atoms with Gasteiger partial charge in [-0.3, -0.25) is 4.79 Å². The Morgan fingerprint density at radius 3 is 3.00 bits per heavy atom. The second-order valence-electron chi connectivity index (χ2n) is 3.97. The molecular weight excluding hydrogens is 174 g/mol. The van der Waals surface area contributed by atoms with E-state index in [1.807, 2.05) is 10.6 Å². The van der Waals surface area contributed by atoms with Crippen molar-refractivity contribution < 1.29 is 0 Å². The van der Waals surface area contributed by atoms with E-state index in [4.69, 9.17) is 0 Å². The van der Waals surface area contributed by atoms with Crippen LogP contribution < -0.4 is 5.56 Å². The van der Waals surface area contributed by atoms with E-state index < -0.39 is 0 Å². The lowest BCUT2D eigenvalue weighted by Crippen LogP contribution is -2.16. The summed E-state index contributed by atoms with van der Waals surface area (Å²) < 4.78 is 1.88. The van der Waals surface area contributed by atoms with Crippen LogP contribution in [-0.2, 0) is 6.54 Å². The summed E-state index contributed by atoms with van der Waals surface area (Å²) >= 11 is 0. The standard InChI is InChI=1S/C12H11NO/c1-8-7-13-11(14)6-5-9-3-2-4-10(8)12(9)13/h2-6,8H,7H2,1H3. The SMILES string of the molecule is CC1Cn2c(=O)ccc3cccc1c32. The van der Waals surface area contributed by atoms with Crippen molar-refractivity contribution in [1.29, 1.82) is 0 Å². The highest BCUT2D eigenvalue weighted by Gasteiger charge is 2.20. The van der Waals surface area contributed by atoms with Gasteiger partial charge in [0.15, 0.2) is 0 Å². The van der Waals surface area contributed by atoms with Crippen molar-refractivity contribution in [2.45, 2.75) is 19.4 Å². The molecule has 0 fully saturated rings. The lowest BCUT2D eigenvalue weighted by molar-refractivity contribution is 0.643. The fraction of sp³-hybridized carbons (Fsp3) is 0.250. The summed E-state index contributed by atoms with van der Waals surface area (Å²) in [5.41, 5.74) is 2.56. The first-order valence-electron chi connectivity index (χ1n) is 4.90. The lowest BCUT2D eigenvalue weighted by Gasteiger charge is -2.01. The molecule has 1 atom stereocenters. The number of nitrogens with zero attached hydrogens (tertiary/aromatic N) is 1. The van der Waals surface area contributed by atoms with E-state index in [9.17, 15) is 4.79 Å². The average molecular weight is 185 g/mol. The second kappa shape index (κ2) is 2.47. The van der Waals surface area contributed by atoms with Crippen LogP contribution in [0.15, 0.2) is 35.1 Å². The number of aromatic nitrogens is 1. The Morgan fingerprint density at radius 2 is 2.14 bits per heavy atom. The Balaban J connectivity index is 2.58. The molecule has 1 aliphatic rings. The predicted molar refractivity (Wildman–Crippen MR) is 56.6 cm³/mol. The molecule has 2 heteroatoms. The third-order valence-corrected chi connectivity index (χ3v) is 3.03. The molecule has 0 saturated carbocycles. The Bertz CT molecular complexity index is 568. The molecule has 3 rings (SSSR count). The van der Waals surface area contributed by atoms with Gasteiger partial charge in [-0.25, -0.2) is 0 Å². The van der Waals surface area contributed by atoms with Crippen LogP contribution in [0.4, 0.5) is 0 Å². The molecule has 0 spiro atoms. The summed E-state index contributed by atoms with van der Waals surface area (Å²) in [6.45, 7) is 3.00. The van der Waals surface area contributed by atoms with Crippen molar-refractivity contribution in [3.05, 3.63) is 46.2 Å². The van der Waals surface area contributed by atoms with Crippen LogP contribution in [0.5, 0.6) is 0 Å². The minimum absolute atomic E-state index is 0.120. The van der Waals surface area contributed by atoms with Gasteiger partial charge in [-0.1, -0.05) is 25.1 Å². The van der Waals surface area contributed by atoms with E-state index in [-0.39, 0.29) is 5.56 Å². The third-order valence-electron chi connectivity index (χ3n) is 3.03. The van der Waals surface area contributed by atoms with Gasteiger partial charge in [0.1, 0.15) is 0 Å². The Morgan fingerprint density at radius 1 is 1.29 bits per heavy atom. The van der Waals surface area contributed by atoms with Crippen molar-refractivity contribution in [3.8, 4) is 0 Å². The molecule has 1 unspecified atom stereocenters. The van der Waals surface area contributed by atoms with Crippen LogP contribution in [0, 0.1) is 0 Å².